The second-order valence-electron chi connectivity index (χ2n) is 4.61. The van der Waals surface area contributed by atoms with E-state index < -0.39 is 5.97 Å². The number of carboxylic acid groups (broad SMARTS) is 1. The van der Waals surface area contributed by atoms with Gasteiger partial charge in [-0.05, 0) is 37.3 Å². The highest BCUT2D eigenvalue weighted by atomic mass is 16.4. The third-order valence-corrected chi connectivity index (χ3v) is 3.57. The van der Waals surface area contributed by atoms with Crippen molar-refractivity contribution in [3.8, 4) is 0 Å². The SMILES string of the molecule is O=C([O-])Cn1c2c(c3ccccc31)CCCC2. The zero-order valence-corrected chi connectivity index (χ0v) is 9.61. The molecule has 3 nitrogen and oxygen atoms in total. The van der Waals surface area contributed by atoms with Crippen LogP contribution >= 0.6 is 0 Å². The summed E-state index contributed by atoms with van der Waals surface area (Å²) in [5.74, 6) is -1.01. The Hall–Kier alpha value is -1.77. The van der Waals surface area contributed by atoms with Gasteiger partial charge in [-0.25, -0.2) is 0 Å². The maximum Gasteiger partial charge on any atom is 0.0624 e. The highest BCUT2D eigenvalue weighted by molar-refractivity contribution is 5.87. The molecule has 0 atom stereocenters. The zero-order chi connectivity index (χ0) is 11.8. The molecule has 1 aliphatic rings. The number of fused-ring (bicyclic) bond motifs is 3. The highest BCUT2D eigenvalue weighted by Crippen LogP contribution is 2.31. The lowest BCUT2D eigenvalue weighted by Gasteiger charge is -2.16. The molecule has 0 saturated heterocycles. The number of carbonyl (C=O) groups is 1. The minimum Gasteiger partial charge on any atom is -0.548 e. The molecule has 0 N–H and O–H groups in total. The molecule has 0 bridgehead atoms. The highest BCUT2D eigenvalue weighted by Gasteiger charge is 2.19. The van der Waals surface area contributed by atoms with E-state index >= 15 is 0 Å². The molecule has 3 heteroatoms. The minimum absolute atomic E-state index is 0.0319. The van der Waals surface area contributed by atoms with Gasteiger partial charge in [-0.2, -0.15) is 0 Å². The number of benzene rings is 1. The van der Waals surface area contributed by atoms with E-state index in [0.29, 0.717) is 0 Å². The topological polar surface area (TPSA) is 45.1 Å². The fraction of sp³-hybridized carbons (Fsp3) is 0.357. The van der Waals surface area contributed by atoms with Gasteiger partial charge in [0.1, 0.15) is 0 Å². The van der Waals surface area contributed by atoms with E-state index in [1.165, 1.54) is 23.1 Å². The second-order valence-corrected chi connectivity index (χ2v) is 4.61. The van der Waals surface area contributed by atoms with Crippen molar-refractivity contribution in [3.63, 3.8) is 0 Å². The number of aromatic nitrogens is 1. The first-order valence-electron chi connectivity index (χ1n) is 6.06. The lowest BCUT2D eigenvalue weighted by atomic mass is 9.96. The Morgan fingerprint density at radius 1 is 1.24 bits per heavy atom. The van der Waals surface area contributed by atoms with Crippen molar-refractivity contribution < 1.29 is 9.90 Å². The first-order chi connectivity index (χ1) is 8.27. The molecule has 1 heterocycles. The average molecular weight is 228 g/mol. The van der Waals surface area contributed by atoms with Gasteiger partial charge in [-0.15, -0.1) is 0 Å². The van der Waals surface area contributed by atoms with Crippen LogP contribution in [0.3, 0.4) is 0 Å². The molecule has 0 fully saturated rings. The van der Waals surface area contributed by atoms with Crippen molar-refractivity contribution in [2.75, 3.05) is 0 Å². The second kappa shape index (κ2) is 3.91. The van der Waals surface area contributed by atoms with E-state index in [4.69, 9.17) is 0 Å². The molecule has 88 valence electrons. The first-order valence-corrected chi connectivity index (χ1v) is 6.06. The van der Waals surface area contributed by atoms with Crippen LogP contribution in [0.15, 0.2) is 24.3 Å². The van der Waals surface area contributed by atoms with Crippen LogP contribution in [0.2, 0.25) is 0 Å². The summed E-state index contributed by atoms with van der Waals surface area (Å²) in [5, 5.41) is 12.1. The van der Waals surface area contributed by atoms with Crippen LogP contribution in [0, 0.1) is 0 Å². The summed E-state index contributed by atoms with van der Waals surface area (Å²) in [6, 6.07) is 8.06. The van der Waals surface area contributed by atoms with Crippen molar-refractivity contribution in [1.29, 1.82) is 0 Å². The maximum atomic E-state index is 10.9. The van der Waals surface area contributed by atoms with Crippen molar-refractivity contribution in [2.24, 2.45) is 0 Å². The molecule has 0 radical (unpaired) electrons. The van der Waals surface area contributed by atoms with Crippen molar-refractivity contribution in [1.82, 2.24) is 4.57 Å². The molecule has 1 aromatic heterocycles. The monoisotopic (exact) mass is 228 g/mol. The minimum atomic E-state index is -1.01. The molecule has 0 saturated carbocycles. The van der Waals surface area contributed by atoms with Gasteiger partial charge < -0.3 is 14.5 Å². The molecule has 1 aromatic carbocycles. The summed E-state index contributed by atoms with van der Waals surface area (Å²) >= 11 is 0. The third-order valence-electron chi connectivity index (χ3n) is 3.57. The molecule has 0 unspecified atom stereocenters. The van der Waals surface area contributed by atoms with E-state index in [9.17, 15) is 9.90 Å². The van der Waals surface area contributed by atoms with Gasteiger partial charge in [0, 0.05) is 16.6 Å². The molecule has 0 spiro atoms. The number of hydrogen-bond donors (Lipinski definition) is 0. The lowest BCUT2D eigenvalue weighted by molar-refractivity contribution is -0.306. The Labute approximate surface area is 99.7 Å². The normalized spacial score (nSPS) is 14.8. The quantitative estimate of drug-likeness (QED) is 0.777. The average Bonchev–Trinajstić information content (AvgIpc) is 2.65. The zero-order valence-electron chi connectivity index (χ0n) is 9.61. The van der Waals surface area contributed by atoms with Gasteiger partial charge in [0.05, 0.1) is 12.5 Å². The molecule has 0 aliphatic heterocycles. The summed E-state index contributed by atoms with van der Waals surface area (Å²) in [7, 11) is 0. The number of carbonyl (C=O) groups excluding carboxylic acids is 1. The van der Waals surface area contributed by atoms with E-state index in [1.54, 1.807) is 0 Å². The van der Waals surface area contributed by atoms with Crippen LogP contribution in [0.1, 0.15) is 24.1 Å². The Morgan fingerprint density at radius 3 is 2.82 bits per heavy atom. The lowest BCUT2D eigenvalue weighted by Crippen LogP contribution is -2.28. The Morgan fingerprint density at radius 2 is 2.00 bits per heavy atom. The van der Waals surface area contributed by atoms with Gasteiger partial charge in [-0.3, -0.25) is 0 Å². The molecule has 2 aromatic rings. The summed E-state index contributed by atoms with van der Waals surface area (Å²) in [5.41, 5.74) is 3.57. The maximum absolute atomic E-state index is 10.9. The van der Waals surface area contributed by atoms with E-state index in [2.05, 4.69) is 6.07 Å². The predicted molar refractivity (Wildman–Crippen MR) is 63.6 cm³/mol. The summed E-state index contributed by atoms with van der Waals surface area (Å²) < 4.78 is 1.92. The largest absolute Gasteiger partial charge is 0.548 e. The Balaban J connectivity index is 2.27. The van der Waals surface area contributed by atoms with Gasteiger partial charge in [0.2, 0.25) is 0 Å². The molecule has 0 amide bonds. The fourth-order valence-electron chi connectivity index (χ4n) is 2.90. The van der Waals surface area contributed by atoms with Crippen molar-refractivity contribution >= 4 is 16.9 Å². The smallest absolute Gasteiger partial charge is 0.0624 e. The number of nitrogens with zero attached hydrogens (tertiary/aromatic N) is 1. The van der Waals surface area contributed by atoms with Gasteiger partial charge >= 0.3 is 0 Å². The van der Waals surface area contributed by atoms with Crippen LogP contribution in [0.4, 0.5) is 0 Å². The van der Waals surface area contributed by atoms with E-state index in [1.807, 2.05) is 22.8 Å². The first kappa shape index (κ1) is 10.4. The predicted octanol–water partition coefficient (Wildman–Crippen LogP) is 1.27. The van der Waals surface area contributed by atoms with Gasteiger partial charge in [0.25, 0.3) is 0 Å². The number of aryl methyl sites for hydroxylation is 1. The molecule has 17 heavy (non-hydrogen) atoms. The standard InChI is InChI=1S/C14H15NO2/c16-14(17)9-15-12-7-3-1-5-10(12)11-6-2-4-8-13(11)15/h1,3,5,7H,2,4,6,8-9H2,(H,16,17)/p-1. The molecule has 1 aliphatic carbocycles. The van der Waals surface area contributed by atoms with Crippen LogP contribution in [0.25, 0.3) is 10.9 Å². The van der Waals surface area contributed by atoms with E-state index in [0.717, 1.165) is 24.8 Å². The van der Waals surface area contributed by atoms with Gasteiger partial charge in [-0.1, -0.05) is 18.2 Å². The number of rotatable bonds is 2. The summed E-state index contributed by atoms with van der Waals surface area (Å²) in [4.78, 5) is 10.9. The van der Waals surface area contributed by atoms with Crippen LogP contribution in [-0.2, 0) is 24.2 Å². The molecular formula is C14H14NO2-. The third kappa shape index (κ3) is 1.62. The van der Waals surface area contributed by atoms with Crippen LogP contribution < -0.4 is 5.11 Å². The number of para-hydroxylation sites is 1. The van der Waals surface area contributed by atoms with Crippen LogP contribution in [0.5, 0.6) is 0 Å². The number of carboxylic acids is 1. The van der Waals surface area contributed by atoms with Crippen molar-refractivity contribution in [2.45, 2.75) is 32.2 Å². The molecular weight excluding hydrogens is 214 g/mol. The fourth-order valence-corrected chi connectivity index (χ4v) is 2.90. The summed E-state index contributed by atoms with van der Waals surface area (Å²) in [6.45, 7) is -0.0319. The van der Waals surface area contributed by atoms with Crippen LogP contribution in [-0.4, -0.2) is 10.5 Å². The Kier molecular flexibility index (Phi) is 2.39. The Bertz CT molecular complexity index is 583. The van der Waals surface area contributed by atoms with Gasteiger partial charge in [0.15, 0.2) is 0 Å². The molecule has 3 rings (SSSR count). The summed E-state index contributed by atoms with van der Waals surface area (Å²) in [6.07, 6.45) is 4.40. The van der Waals surface area contributed by atoms with E-state index in [-0.39, 0.29) is 6.54 Å². The number of hydrogen-bond acceptors (Lipinski definition) is 2. The number of aliphatic carboxylic acids is 1. The van der Waals surface area contributed by atoms with Crippen molar-refractivity contribution in [3.05, 3.63) is 35.5 Å².